The molecule has 0 saturated carbocycles. The molecule has 1 heterocycles. The van der Waals surface area contributed by atoms with Crippen LogP contribution in [0, 0.1) is 0 Å². The molecule has 92 valence electrons. The molecule has 0 aliphatic carbocycles. The summed E-state index contributed by atoms with van der Waals surface area (Å²) in [5.41, 5.74) is 0.136. The summed E-state index contributed by atoms with van der Waals surface area (Å²) in [7, 11) is 3.23. The maximum atomic E-state index is 11.9. The molecule has 1 saturated heterocycles. The summed E-state index contributed by atoms with van der Waals surface area (Å²) in [6.45, 7) is 6.64. The fourth-order valence-corrected chi connectivity index (χ4v) is 2.10. The minimum Gasteiger partial charge on any atom is -0.467 e. The van der Waals surface area contributed by atoms with Gasteiger partial charge in [0.2, 0.25) is 0 Å². The van der Waals surface area contributed by atoms with Gasteiger partial charge in [0.1, 0.15) is 5.54 Å². The second-order valence-electron chi connectivity index (χ2n) is 4.27. The minimum atomic E-state index is -0.681. The van der Waals surface area contributed by atoms with Crippen LogP contribution in [0.3, 0.4) is 0 Å². The summed E-state index contributed by atoms with van der Waals surface area (Å²) in [5.74, 6) is -0.258. The van der Waals surface area contributed by atoms with Gasteiger partial charge in [-0.2, -0.15) is 5.06 Å². The number of methoxy groups -OCH3 is 1. The number of rotatable bonds is 3. The van der Waals surface area contributed by atoms with Gasteiger partial charge in [-0.15, -0.1) is 0 Å². The van der Waals surface area contributed by atoms with E-state index in [4.69, 9.17) is 4.74 Å². The van der Waals surface area contributed by atoms with Crippen molar-refractivity contribution in [3.8, 4) is 0 Å². The summed E-state index contributed by atoms with van der Waals surface area (Å²) in [6, 6.07) is 0. The normalized spacial score (nSPS) is 20.2. The van der Waals surface area contributed by atoms with Crippen molar-refractivity contribution in [1.29, 1.82) is 0 Å². The Kier molecular flexibility index (Phi) is 3.93. The van der Waals surface area contributed by atoms with Gasteiger partial charge in [-0.05, 0) is 19.8 Å². The number of carbonyl (C=O) groups excluding carboxylic acids is 1. The van der Waals surface area contributed by atoms with Crippen LogP contribution in [0.4, 0.5) is 0 Å². The van der Waals surface area contributed by atoms with Crippen molar-refractivity contribution in [3.63, 3.8) is 0 Å². The van der Waals surface area contributed by atoms with Crippen molar-refractivity contribution >= 4 is 5.97 Å². The number of allylic oxidation sites excluding steroid dienone is 1. The van der Waals surface area contributed by atoms with Crippen molar-refractivity contribution in [2.24, 2.45) is 0 Å². The van der Waals surface area contributed by atoms with Crippen LogP contribution in [0.15, 0.2) is 12.3 Å². The molecule has 1 fully saturated rings. The average molecular weight is 228 g/mol. The molecule has 5 nitrogen and oxygen atoms in total. The van der Waals surface area contributed by atoms with Crippen LogP contribution in [0.25, 0.3) is 0 Å². The number of hydrogen-bond donors (Lipinski definition) is 1. The molecule has 0 amide bonds. The van der Waals surface area contributed by atoms with Crippen molar-refractivity contribution < 1.29 is 14.7 Å². The van der Waals surface area contributed by atoms with Crippen molar-refractivity contribution in [1.82, 2.24) is 9.96 Å². The Labute approximate surface area is 96.2 Å². The Bertz CT molecular complexity index is 283. The Balaban J connectivity index is 2.94. The number of hydroxylamine groups is 2. The van der Waals surface area contributed by atoms with Crippen LogP contribution < -0.4 is 0 Å². The lowest BCUT2D eigenvalue weighted by molar-refractivity contribution is -0.168. The fourth-order valence-electron chi connectivity index (χ4n) is 2.10. The van der Waals surface area contributed by atoms with E-state index in [0.717, 1.165) is 5.70 Å². The van der Waals surface area contributed by atoms with E-state index in [1.54, 1.807) is 0 Å². The predicted molar refractivity (Wildman–Crippen MR) is 59.9 cm³/mol. The Hall–Kier alpha value is -1.07. The highest BCUT2D eigenvalue weighted by Crippen LogP contribution is 2.31. The Morgan fingerprint density at radius 2 is 2.00 bits per heavy atom. The third kappa shape index (κ3) is 2.20. The van der Waals surface area contributed by atoms with E-state index >= 15 is 0 Å². The highest BCUT2D eigenvalue weighted by Gasteiger charge is 2.45. The Morgan fingerprint density at radius 1 is 1.50 bits per heavy atom. The highest BCUT2D eigenvalue weighted by molar-refractivity contribution is 5.81. The monoisotopic (exact) mass is 228 g/mol. The lowest BCUT2D eigenvalue weighted by Gasteiger charge is -2.44. The average Bonchev–Trinajstić information content (AvgIpc) is 2.28. The fraction of sp³-hybridized carbons (Fsp3) is 0.727. The molecule has 0 radical (unpaired) electrons. The lowest BCUT2D eigenvalue weighted by atomic mass is 9.86. The predicted octanol–water partition coefficient (Wildman–Crippen LogP) is 0.849. The van der Waals surface area contributed by atoms with Crippen LogP contribution in [-0.2, 0) is 9.53 Å². The number of hydrogen-bond acceptors (Lipinski definition) is 5. The zero-order valence-electron chi connectivity index (χ0n) is 10.2. The van der Waals surface area contributed by atoms with Crippen LogP contribution >= 0.6 is 0 Å². The van der Waals surface area contributed by atoms with Gasteiger partial charge in [-0.1, -0.05) is 6.58 Å². The SMILES string of the molecule is C=C(C)N(C)C1(C(=O)OC)CCN(O)CC1. The first-order valence-electron chi connectivity index (χ1n) is 5.35. The topological polar surface area (TPSA) is 53.0 Å². The van der Waals surface area contributed by atoms with Crippen LogP contribution in [0.5, 0.6) is 0 Å². The quantitative estimate of drug-likeness (QED) is 0.726. The van der Waals surface area contributed by atoms with E-state index in [0.29, 0.717) is 25.9 Å². The standard InChI is InChI=1S/C11H20N2O3/c1-9(2)12(3)11(10(14)16-4)5-7-13(15)8-6-11/h15H,1,5-8H2,2-4H3. The molecule has 1 N–H and O–H groups in total. The maximum Gasteiger partial charge on any atom is 0.331 e. The summed E-state index contributed by atoms with van der Waals surface area (Å²) < 4.78 is 4.88. The summed E-state index contributed by atoms with van der Waals surface area (Å²) in [6.07, 6.45) is 1.08. The van der Waals surface area contributed by atoms with Gasteiger partial charge in [0.25, 0.3) is 0 Å². The first kappa shape index (κ1) is 13.0. The van der Waals surface area contributed by atoms with Crippen LogP contribution in [-0.4, -0.2) is 53.9 Å². The van der Waals surface area contributed by atoms with Crippen molar-refractivity contribution in [2.75, 3.05) is 27.2 Å². The highest BCUT2D eigenvalue weighted by atomic mass is 16.5. The zero-order chi connectivity index (χ0) is 12.3. The third-order valence-electron chi connectivity index (χ3n) is 3.35. The molecule has 0 spiro atoms. The Morgan fingerprint density at radius 3 is 2.38 bits per heavy atom. The second kappa shape index (κ2) is 4.84. The van der Waals surface area contributed by atoms with E-state index in [1.807, 2.05) is 18.9 Å². The second-order valence-corrected chi connectivity index (χ2v) is 4.27. The molecule has 0 unspecified atom stereocenters. The van der Waals surface area contributed by atoms with Gasteiger partial charge in [0, 0.05) is 25.8 Å². The molecule has 0 aromatic heterocycles. The molecule has 0 atom stereocenters. The van der Waals surface area contributed by atoms with Gasteiger partial charge >= 0.3 is 5.97 Å². The molecular formula is C11H20N2O3. The van der Waals surface area contributed by atoms with E-state index in [1.165, 1.54) is 12.2 Å². The van der Waals surface area contributed by atoms with Crippen molar-refractivity contribution in [3.05, 3.63) is 12.3 Å². The van der Waals surface area contributed by atoms with E-state index < -0.39 is 5.54 Å². The number of ether oxygens (including phenoxy) is 1. The minimum absolute atomic E-state index is 0.258. The molecule has 1 aliphatic rings. The zero-order valence-corrected chi connectivity index (χ0v) is 10.2. The maximum absolute atomic E-state index is 11.9. The first-order chi connectivity index (χ1) is 7.44. The van der Waals surface area contributed by atoms with E-state index in [2.05, 4.69) is 6.58 Å². The van der Waals surface area contributed by atoms with Gasteiger partial charge in [-0.3, -0.25) is 0 Å². The smallest absolute Gasteiger partial charge is 0.331 e. The number of nitrogens with zero attached hydrogens (tertiary/aromatic N) is 2. The number of carbonyl (C=O) groups is 1. The third-order valence-corrected chi connectivity index (χ3v) is 3.35. The number of likely N-dealkylation sites (N-methyl/N-ethyl adjacent to an activating group) is 1. The van der Waals surface area contributed by atoms with Crippen LogP contribution in [0.1, 0.15) is 19.8 Å². The van der Waals surface area contributed by atoms with Crippen molar-refractivity contribution in [2.45, 2.75) is 25.3 Å². The van der Waals surface area contributed by atoms with E-state index in [9.17, 15) is 10.0 Å². The molecule has 16 heavy (non-hydrogen) atoms. The van der Waals surface area contributed by atoms with Gasteiger partial charge in [0.05, 0.1) is 7.11 Å². The lowest BCUT2D eigenvalue weighted by Crippen LogP contribution is -2.58. The number of piperidine rings is 1. The van der Waals surface area contributed by atoms with E-state index in [-0.39, 0.29) is 5.97 Å². The van der Waals surface area contributed by atoms with Gasteiger partial charge < -0.3 is 14.8 Å². The largest absolute Gasteiger partial charge is 0.467 e. The summed E-state index contributed by atoms with van der Waals surface area (Å²) >= 11 is 0. The molecule has 5 heteroatoms. The molecule has 0 aromatic rings. The molecule has 1 aliphatic heterocycles. The summed E-state index contributed by atoms with van der Waals surface area (Å²) in [4.78, 5) is 13.8. The molecule has 1 rings (SSSR count). The number of esters is 1. The van der Waals surface area contributed by atoms with Crippen LogP contribution in [0.2, 0.25) is 0 Å². The summed E-state index contributed by atoms with van der Waals surface area (Å²) in [5, 5.41) is 10.6. The first-order valence-corrected chi connectivity index (χ1v) is 5.35. The van der Waals surface area contributed by atoms with Gasteiger partial charge in [0.15, 0.2) is 0 Å². The molecule has 0 aromatic carbocycles. The molecule has 0 bridgehead atoms. The molecular weight excluding hydrogens is 208 g/mol. The van der Waals surface area contributed by atoms with Gasteiger partial charge in [-0.25, -0.2) is 4.79 Å².